The first-order chi connectivity index (χ1) is 7.02. The van der Waals surface area contributed by atoms with E-state index in [2.05, 4.69) is 27.8 Å². The van der Waals surface area contributed by atoms with Gasteiger partial charge in [-0.15, -0.1) is 6.58 Å². The highest BCUT2D eigenvalue weighted by Crippen LogP contribution is 2.24. The van der Waals surface area contributed by atoms with Crippen LogP contribution in [0.25, 0.3) is 0 Å². The average molecular weight is 272 g/mol. The fraction of sp³-hybridized carbons (Fsp3) is 0.333. The summed E-state index contributed by atoms with van der Waals surface area (Å²) in [6, 6.07) is 5.05. The van der Waals surface area contributed by atoms with E-state index >= 15 is 0 Å². The lowest BCUT2D eigenvalue weighted by molar-refractivity contribution is 0.575. The van der Waals surface area contributed by atoms with Gasteiger partial charge in [-0.05, 0) is 44.2 Å². The van der Waals surface area contributed by atoms with E-state index in [1.165, 1.54) is 6.07 Å². The van der Waals surface area contributed by atoms with E-state index in [4.69, 9.17) is 0 Å². The van der Waals surface area contributed by atoms with Crippen molar-refractivity contribution in [3.63, 3.8) is 0 Å². The van der Waals surface area contributed by atoms with Crippen molar-refractivity contribution in [1.82, 2.24) is 5.32 Å². The van der Waals surface area contributed by atoms with Gasteiger partial charge in [0.25, 0.3) is 0 Å². The van der Waals surface area contributed by atoms with Crippen LogP contribution in [0.4, 0.5) is 4.39 Å². The zero-order chi connectivity index (χ0) is 11.4. The summed E-state index contributed by atoms with van der Waals surface area (Å²) in [5.74, 6) is -0.221. The van der Waals surface area contributed by atoms with E-state index in [0.29, 0.717) is 0 Å². The highest BCUT2D eigenvalue weighted by molar-refractivity contribution is 9.10. The van der Waals surface area contributed by atoms with Crippen molar-refractivity contribution in [2.75, 3.05) is 7.05 Å². The quantitative estimate of drug-likeness (QED) is 0.822. The summed E-state index contributed by atoms with van der Waals surface area (Å²) in [7, 11) is 1.87. The van der Waals surface area contributed by atoms with Crippen LogP contribution in [-0.2, 0) is 0 Å². The molecule has 3 heteroatoms. The van der Waals surface area contributed by atoms with Crippen LogP contribution in [0.5, 0.6) is 0 Å². The number of hydrogen-bond acceptors (Lipinski definition) is 1. The molecule has 0 heterocycles. The minimum Gasteiger partial charge on any atom is -0.313 e. The molecule has 82 valence electrons. The number of rotatable bonds is 4. The molecule has 0 aliphatic heterocycles. The van der Waals surface area contributed by atoms with Crippen LogP contribution in [0.2, 0.25) is 0 Å². The molecule has 0 bridgehead atoms. The molecular weight excluding hydrogens is 257 g/mol. The van der Waals surface area contributed by atoms with Crippen molar-refractivity contribution in [2.45, 2.75) is 19.4 Å². The molecule has 0 aliphatic rings. The van der Waals surface area contributed by atoms with E-state index in [0.717, 1.165) is 22.0 Å². The molecule has 0 spiro atoms. The van der Waals surface area contributed by atoms with Gasteiger partial charge in [0.05, 0.1) is 0 Å². The summed E-state index contributed by atoms with van der Waals surface area (Å²) in [6.45, 7) is 5.84. The summed E-state index contributed by atoms with van der Waals surface area (Å²) in [6.07, 6.45) is 0.812. The Labute approximate surface area is 98.5 Å². The monoisotopic (exact) mass is 271 g/mol. The van der Waals surface area contributed by atoms with Crippen molar-refractivity contribution in [1.29, 1.82) is 0 Å². The lowest BCUT2D eigenvalue weighted by Gasteiger charge is -2.17. The molecule has 1 atom stereocenters. The number of hydrogen-bond donors (Lipinski definition) is 1. The maximum Gasteiger partial charge on any atom is 0.124 e. The molecule has 1 nitrogen and oxygen atoms in total. The van der Waals surface area contributed by atoms with Crippen LogP contribution >= 0.6 is 15.9 Å². The first-order valence-corrected chi connectivity index (χ1v) is 5.60. The molecule has 0 saturated heterocycles. The molecule has 1 rings (SSSR count). The molecule has 0 fully saturated rings. The maximum absolute atomic E-state index is 13.2. The lowest BCUT2D eigenvalue weighted by atomic mass is 10.0. The van der Waals surface area contributed by atoms with Crippen molar-refractivity contribution in [3.8, 4) is 0 Å². The largest absolute Gasteiger partial charge is 0.313 e. The Morgan fingerprint density at radius 1 is 1.53 bits per heavy atom. The Bertz CT molecular complexity index is 342. The van der Waals surface area contributed by atoms with Gasteiger partial charge in [0.2, 0.25) is 0 Å². The molecule has 0 aromatic heterocycles. The van der Waals surface area contributed by atoms with E-state index < -0.39 is 0 Å². The maximum atomic E-state index is 13.2. The third kappa shape index (κ3) is 3.76. The van der Waals surface area contributed by atoms with Crippen molar-refractivity contribution >= 4 is 15.9 Å². The Morgan fingerprint density at radius 3 is 2.67 bits per heavy atom. The Balaban J connectivity index is 2.95. The minimum absolute atomic E-state index is 0.120. The smallest absolute Gasteiger partial charge is 0.124 e. The predicted octanol–water partition coefficient (Wildman–Crippen LogP) is 3.81. The SMILES string of the molecule is C=C(C)CC(NC)c1cc(F)cc(Br)c1. The normalized spacial score (nSPS) is 12.5. The molecule has 0 aliphatic carbocycles. The van der Waals surface area contributed by atoms with E-state index in [1.807, 2.05) is 20.0 Å². The van der Waals surface area contributed by atoms with Crippen molar-refractivity contribution < 1.29 is 4.39 Å². The van der Waals surface area contributed by atoms with Crippen LogP contribution in [0.1, 0.15) is 24.9 Å². The van der Waals surface area contributed by atoms with Crippen LogP contribution in [0.15, 0.2) is 34.8 Å². The zero-order valence-electron chi connectivity index (χ0n) is 8.98. The number of halogens is 2. The number of nitrogens with one attached hydrogen (secondary N) is 1. The molecule has 1 aromatic rings. The molecular formula is C12H15BrFN. The highest BCUT2D eigenvalue weighted by Gasteiger charge is 2.10. The lowest BCUT2D eigenvalue weighted by Crippen LogP contribution is -2.16. The van der Waals surface area contributed by atoms with Gasteiger partial charge >= 0.3 is 0 Å². The third-order valence-corrected chi connectivity index (χ3v) is 2.65. The minimum atomic E-state index is -0.221. The van der Waals surface area contributed by atoms with Gasteiger partial charge < -0.3 is 5.32 Å². The summed E-state index contributed by atoms with van der Waals surface area (Å²) in [5.41, 5.74) is 2.02. The molecule has 0 amide bonds. The molecule has 1 aromatic carbocycles. The van der Waals surface area contributed by atoms with Gasteiger partial charge in [-0.25, -0.2) is 4.39 Å². The highest BCUT2D eigenvalue weighted by atomic mass is 79.9. The Hall–Kier alpha value is -0.670. The van der Waals surface area contributed by atoms with Crippen LogP contribution in [0, 0.1) is 5.82 Å². The molecule has 0 radical (unpaired) electrons. The van der Waals surface area contributed by atoms with Gasteiger partial charge in [0.15, 0.2) is 0 Å². The molecule has 15 heavy (non-hydrogen) atoms. The molecule has 1 N–H and O–H groups in total. The van der Waals surface area contributed by atoms with Crippen molar-refractivity contribution in [2.24, 2.45) is 0 Å². The van der Waals surface area contributed by atoms with Gasteiger partial charge in [-0.3, -0.25) is 0 Å². The predicted molar refractivity (Wildman–Crippen MR) is 65.3 cm³/mol. The first-order valence-electron chi connectivity index (χ1n) is 4.80. The van der Waals surface area contributed by atoms with Gasteiger partial charge in [-0.2, -0.15) is 0 Å². The van der Waals surface area contributed by atoms with Gasteiger partial charge in [0.1, 0.15) is 5.82 Å². The fourth-order valence-electron chi connectivity index (χ4n) is 1.51. The summed E-state index contributed by atoms with van der Waals surface area (Å²) in [4.78, 5) is 0. The first kappa shape index (κ1) is 12.4. The fourth-order valence-corrected chi connectivity index (χ4v) is 1.99. The number of benzene rings is 1. The summed E-state index contributed by atoms with van der Waals surface area (Å²) >= 11 is 3.29. The van der Waals surface area contributed by atoms with Crippen molar-refractivity contribution in [3.05, 3.63) is 46.2 Å². The van der Waals surface area contributed by atoms with E-state index in [9.17, 15) is 4.39 Å². The second-order valence-electron chi connectivity index (χ2n) is 3.71. The second-order valence-corrected chi connectivity index (χ2v) is 4.62. The Morgan fingerprint density at radius 2 is 2.20 bits per heavy atom. The van der Waals surface area contributed by atoms with Crippen LogP contribution < -0.4 is 5.32 Å². The Kier molecular flexibility index (Phi) is 4.48. The van der Waals surface area contributed by atoms with Crippen LogP contribution in [0.3, 0.4) is 0 Å². The van der Waals surface area contributed by atoms with Gasteiger partial charge in [-0.1, -0.05) is 21.5 Å². The van der Waals surface area contributed by atoms with Crippen LogP contribution in [-0.4, -0.2) is 7.05 Å². The van der Waals surface area contributed by atoms with E-state index in [1.54, 1.807) is 6.07 Å². The van der Waals surface area contributed by atoms with Gasteiger partial charge in [0, 0.05) is 10.5 Å². The zero-order valence-corrected chi connectivity index (χ0v) is 10.6. The topological polar surface area (TPSA) is 12.0 Å². The second kappa shape index (κ2) is 5.42. The standard InChI is InChI=1S/C12H15BrFN/c1-8(2)4-12(15-3)9-5-10(13)7-11(14)6-9/h5-7,12,15H,1,4H2,2-3H3. The summed E-state index contributed by atoms with van der Waals surface area (Å²) < 4.78 is 13.9. The third-order valence-electron chi connectivity index (χ3n) is 2.19. The average Bonchev–Trinajstić information content (AvgIpc) is 2.12. The summed E-state index contributed by atoms with van der Waals surface area (Å²) in [5, 5.41) is 3.16. The molecule has 1 unspecified atom stereocenters. The molecule has 0 saturated carbocycles. The van der Waals surface area contributed by atoms with E-state index in [-0.39, 0.29) is 11.9 Å².